The molecule has 238 valence electrons. The summed E-state index contributed by atoms with van der Waals surface area (Å²) in [6, 6.07) is 19.9. The highest BCUT2D eigenvalue weighted by atomic mass is 19.4. The molecule has 3 aromatic carbocycles. The Kier molecular flexibility index (Phi) is 8.41. The summed E-state index contributed by atoms with van der Waals surface area (Å²) >= 11 is 0. The minimum absolute atomic E-state index is 0.0687. The molecule has 12 nitrogen and oxygen atoms in total. The monoisotopic (exact) mass is 636 g/mol. The van der Waals surface area contributed by atoms with Crippen LogP contribution in [0.15, 0.2) is 90.3 Å². The fourth-order valence-corrected chi connectivity index (χ4v) is 4.95. The molecule has 5 N–H and O–H groups in total. The number of aliphatic hydroxyl groups excluding tert-OH is 4. The number of aromatic nitrogens is 4. The van der Waals surface area contributed by atoms with Crippen molar-refractivity contribution in [2.24, 2.45) is 5.10 Å². The number of aliphatic hydroxyl groups is 4. The first-order valence-electron chi connectivity index (χ1n) is 13.9. The molecule has 1 fully saturated rings. The van der Waals surface area contributed by atoms with Gasteiger partial charge in [-0.15, -0.1) is 0 Å². The third kappa shape index (κ3) is 6.01. The van der Waals surface area contributed by atoms with Crippen LogP contribution in [0, 0.1) is 5.41 Å². The summed E-state index contributed by atoms with van der Waals surface area (Å²) in [6.07, 6.45) is -8.81. The predicted molar refractivity (Wildman–Crippen MR) is 157 cm³/mol. The molecule has 1 aliphatic heterocycles. The molecule has 0 bridgehead atoms. The summed E-state index contributed by atoms with van der Waals surface area (Å²) < 4.78 is 53.1. The van der Waals surface area contributed by atoms with Crippen molar-refractivity contribution in [1.29, 1.82) is 5.41 Å². The zero-order valence-corrected chi connectivity index (χ0v) is 23.7. The average Bonchev–Trinajstić information content (AvgIpc) is 3.46. The van der Waals surface area contributed by atoms with Gasteiger partial charge in [0.1, 0.15) is 42.2 Å². The third-order valence-corrected chi connectivity index (χ3v) is 7.41. The lowest BCUT2D eigenvalue weighted by atomic mass is 9.99. The van der Waals surface area contributed by atoms with Crippen LogP contribution in [0.25, 0.3) is 28.0 Å². The lowest BCUT2D eigenvalue weighted by Crippen LogP contribution is -2.60. The molecule has 2 aromatic heterocycles. The Labute approximate surface area is 258 Å². The summed E-state index contributed by atoms with van der Waals surface area (Å²) in [7, 11) is 0. The van der Waals surface area contributed by atoms with Crippen LogP contribution in [0.4, 0.5) is 13.2 Å². The van der Waals surface area contributed by atoms with Gasteiger partial charge in [0.05, 0.1) is 29.5 Å². The Balaban J connectivity index is 1.29. The molecule has 46 heavy (non-hydrogen) atoms. The van der Waals surface area contributed by atoms with Gasteiger partial charge in [0.15, 0.2) is 11.1 Å². The highest BCUT2D eigenvalue weighted by Gasteiger charge is 2.44. The summed E-state index contributed by atoms with van der Waals surface area (Å²) in [5.74, 6) is 0.265. The fourth-order valence-electron chi connectivity index (χ4n) is 4.95. The maximum atomic E-state index is 13.2. The largest absolute Gasteiger partial charge is 0.462 e. The first kappa shape index (κ1) is 31.1. The van der Waals surface area contributed by atoms with Gasteiger partial charge in [0, 0.05) is 5.56 Å². The SMILES string of the molecule is N=c1c2c(-c3ccccc3)nn(-c3ccc(C(F)(F)F)cc3)c2ncn1/N=C\c1ccc(OC2OC(CO)C(O)C(O)C2O)cc1. The van der Waals surface area contributed by atoms with Gasteiger partial charge in [-0.05, 0) is 54.1 Å². The van der Waals surface area contributed by atoms with Crippen LogP contribution in [0.3, 0.4) is 0 Å². The van der Waals surface area contributed by atoms with E-state index in [2.05, 4.69) is 15.2 Å². The molecule has 3 heterocycles. The highest BCUT2D eigenvalue weighted by Crippen LogP contribution is 2.31. The Hall–Kier alpha value is -4.93. The van der Waals surface area contributed by atoms with Gasteiger partial charge < -0.3 is 29.9 Å². The van der Waals surface area contributed by atoms with Crippen LogP contribution < -0.4 is 10.2 Å². The topological polar surface area (TPSA) is 171 Å². The van der Waals surface area contributed by atoms with Crippen molar-refractivity contribution in [3.63, 3.8) is 0 Å². The van der Waals surface area contributed by atoms with E-state index < -0.39 is 49.1 Å². The quantitative estimate of drug-likeness (QED) is 0.170. The van der Waals surface area contributed by atoms with Crippen LogP contribution >= 0.6 is 0 Å². The molecule has 1 saturated heterocycles. The van der Waals surface area contributed by atoms with Crippen molar-refractivity contribution < 1.29 is 43.1 Å². The molecule has 0 amide bonds. The van der Waals surface area contributed by atoms with E-state index in [-0.39, 0.29) is 16.9 Å². The normalized spacial score (nSPS) is 22.0. The number of halogens is 3. The van der Waals surface area contributed by atoms with Gasteiger partial charge in [-0.1, -0.05) is 30.3 Å². The highest BCUT2D eigenvalue weighted by molar-refractivity contribution is 5.91. The second-order valence-corrected chi connectivity index (χ2v) is 10.4. The predicted octanol–water partition coefficient (Wildman–Crippen LogP) is 2.45. The van der Waals surface area contributed by atoms with Crippen molar-refractivity contribution in [2.75, 3.05) is 6.61 Å². The lowest BCUT2D eigenvalue weighted by Gasteiger charge is -2.39. The van der Waals surface area contributed by atoms with Crippen LogP contribution in [0.2, 0.25) is 0 Å². The second kappa shape index (κ2) is 12.5. The average molecular weight is 637 g/mol. The molecule has 0 saturated carbocycles. The molecule has 5 unspecified atom stereocenters. The zero-order valence-electron chi connectivity index (χ0n) is 23.7. The molecular weight excluding hydrogens is 609 g/mol. The smallest absolute Gasteiger partial charge is 0.416 e. The number of fused-ring (bicyclic) bond motifs is 1. The van der Waals surface area contributed by atoms with E-state index in [9.17, 15) is 33.6 Å². The van der Waals surface area contributed by atoms with E-state index in [4.69, 9.17) is 14.9 Å². The molecular formula is C31H27F3N6O6. The van der Waals surface area contributed by atoms with E-state index in [1.165, 1.54) is 34.0 Å². The molecule has 5 atom stereocenters. The molecule has 0 aliphatic carbocycles. The Morgan fingerprint density at radius 1 is 0.935 bits per heavy atom. The van der Waals surface area contributed by atoms with Gasteiger partial charge in [-0.3, -0.25) is 5.41 Å². The maximum Gasteiger partial charge on any atom is 0.416 e. The number of ether oxygens (including phenoxy) is 2. The van der Waals surface area contributed by atoms with Crippen LogP contribution in [-0.2, 0) is 10.9 Å². The van der Waals surface area contributed by atoms with Crippen molar-refractivity contribution in [1.82, 2.24) is 19.4 Å². The number of benzene rings is 3. The standard InChI is InChI=1S/C31H27F3N6O6/c32-31(33,34)19-8-10-20(11-9-19)40-29-23(24(38-40)18-4-2-1-3-5-18)28(35)39(16-36-29)37-14-17-6-12-21(13-7-17)45-30-27(44)26(43)25(42)22(15-41)46-30/h1-14,16,22,25-27,30,35,41-44H,15H2/b35-28?,37-14-. The minimum atomic E-state index is -4.49. The first-order chi connectivity index (χ1) is 22.0. The molecule has 15 heteroatoms. The van der Waals surface area contributed by atoms with Crippen molar-refractivity contribution in [3.05, 3.63) is 102 Å². The van der Waals surface area contributed by atoms with Crippen LogP contribution in [0.1, 0.15) is 11.1 Å². The van der Waals surface area contributed by atoms with E-state index in [0.717, 1.165) is 12.1 Å². The summed E-state index contributed by atoms with van der Waals surface area (Å²) in [6.45, 7) is -0.584. The van der Waals surface area contributed by atoms with Crippen LogP contribution in [0.5, 0.6) is 5.75 Å². The lowest BCUT2D eigenvalue weighted by molar-refractivity contribution is -0.277. The second-order valence-electron chi connectivity index (χ2n) is 10.4. The number of nitrogens with zero attached hydrogens (tertiary/aromatic N) is 5. The molecule has 0 radical (unpaired) electrons. The van der Waals surface area contributed by atoms with Crippen molar-refractivity contribution in [2.45, 2.75) is 36.9 Å². The zero-order chi connectivity index (χ0) is 32.6. The van der Waals surface area contributed by atoms with Gasteiger partial charge in [0.25, 0.3) is 0 Å². The number of hydrogen-bond acceptors (Lipinski definition) is 10. The first-order valence-corrected chi connectivity index (χ1v) is 13.9. The Bertz CT molecular complexity index is 1910. The summed E-state index contributed by atoms with van der Waals surface area (Å²) in [5, 5.41) is 57.8. The van der Waals surface area contributed by atoms with E-state index in [1.807, 2.05) is 6.07 Å². The molecule has 5 aromatic rings. The Morgan fingerprint density at radius 2 is 1.63 bits per heavy atom. The Morgan fingerprint density at radius 3 is 2.28 bits per heavy atom. The number of hydrogen-bond donors (Lipinski definition) is 5. The van der Waals surface area contributed by atoms with Gasteiger partial charge in [-0.25, -0.2) is 14.3 Å². The molecule has 0 spiro atoms. The van der Waals surface area contributed by atoms with Crippen molar-refractivity contribution >= 4 is 17.2 Å². The number of nitrogens with one attached hydrogen (secondary N) is 1. The third-order valence-electron chi connectivity index (χ3n) is 7.41. The van der Waals surface area contributed by atoms with Gasteiger partial charge in [0.2, 0.25) is 6.29 Å². The van der Waals surface area contributed by atoms with Crippen LogP contribution in [-0.4, -0.2) is 83.4 Å². The fraction of sp³-hybridized carbons (Fsp3) is 0.226. The van der Waals surface area contributed by atoms with E-state index >= 15 is 0 Å². The summed E-state index contributed by atoms with van der Waals surface area (Å²) in [4.78, 5) is 4.45. The maximum absolute atomic E-state index is 13.2. The number of alkyl halides is 3. The van der Waals surface area contributed by atoms with E-state index in [1.54, 1.807) is 48.5 Å². The number of rotatable bonds is 7. The molecule has 1 aliphatic rings. The molecule has 6 rings (SSSR count). The summed E-state index contributed by atoms with van der Waals surface area (Å²) in [5.41, 5.74) is 1.38. The van der Waals surface area contributed by atoms with E-state index in [0.29, 0.717) is 27.9 Å². The minimum Gasteiger partial charge on any atom is -0.462 e. The van der Waals surface area contributed by atoms with Gasteiger partial charge in [-0.2, -0.15) is 23.4 Å². The van der Waals surface area contributed by atoms with Gasteiger partial charge >= 0.3 is 6.18 Å². The van der Waals surface area contributed by atoms with Crippen molar-refractivity contribution in [3.8, 4) is 22.7 Å².